The summed E-state index contributed by atoms with van der Waals surface area (Å²) in [4.78, 5) is 17.5. The van der Waals surface area contributed by atoms with E-state index in [4.69, 9.17) is 4.74 Å². The third-order valence-electron chi connectivity index (χ3n) is 2.04. The van der Waals surface area contributed by atoms with E-state index in [-0.39, 0.29) is 6.01 Å². The molecule has 18 heavy (non-hydrogen) atoms. The van der Waals surface area contributed by atoms with Crippen molar-refractivity contribution in [1.29, 1.82) is 0 Å². The minimum Gasteiger partial charge on any atom is -0.467 e. The standard InChI is InChI=1S/C10H14N6OS/c1-3-12-8-14-9(16-10(15-8)17-2)13-5-7-4-11-6-18-7/h4,6H,3,5H2,1-2H3,(H2,12,13,14,15,16). The van der Waals surface area contributed by atoms with E-state index in [9.17, 15) is 0 Å². The molecule has 96 valence electrons. The van der Waals surface area contributed by atoms with Gasteiger partial charge in [0.05, 0.1) is 19.2 Å². The number of hydrogen-bond donors (Lipinski definition) is 2. The topological polar surface area (TPSA) is 84.9 Å². The maximum atomic E-state index is 5.03. The van der Waals surface area contributed by atoms with Gasteiger partial charge < -0.3 is 15.4 Å². The van der Waals surface area contributed by atoms with Crippen molar-refractivity contribution in [3.05, 3.63) is 16.6 Å². The largest absolute Gasteiger partial charge is 0.467 e. The van der Waals surface area contributed by atoms with E-state index in [1.807, 2.05) is 6.92 Å². The summed E-state index contributed by atoms with van der Waals surface area (Å²) in [5.41, 5.74) is 1.79. The van der Waals surface area contributed by atoms with Crippen molar-refractivity contribution in [2.75, 3.05) is 24.3 Å². The second kappa shape index (κ2) is 6.10. The first-order chi connectivity index (χ1) is 8.81. The van der Waals surface area contributed by atoms with E-state index in [0.717, 1.165) is 11.4 Å². The number of hydrogen-bond acceptors (Lipinski definition) is 8. The quantitative estimate of drug-likeness (QED) is 0.817. The van der Waals surface area contributed by atoms with Crippen LogP contribution in [0.25, 0.3) is 0 Å². The molecule has 0 unspecified atom stereocenters. The molecule has 0 spiro atoms. The van der Waals surface area contributed by atoms with Gasteiger partial charge in [-0.05, 0) is 6.92 Å². The van der Waals surface area contributed by atoms with Gasteiger partial charge in [0.25, 0.3) is 0 Å². The fourth-order valence-corrected chi connectivity index (χ4v) is 1.79. The lowest BCUT2D eigenvalue weighted by Gasteiger charge is -2.07. The highest BCUT2D eigenvalue weighted by molar-refractivity contribution is 7.09. The first-order valence-electron chi connectivity index (χ1n) is 5.47. The van der Waals surface area contributed by atoms with Crippen LogP contribution in [0.1, 0.15) is 11.8 Å². The van der Waals surface area contributed by atoms with Crippen LogP contribution in [-0.2, 0) is 6.54 Å². The van der Waals surface area contributed by atoms with Crippen molar-refractivity contribution < 1.29 is 4.74 Å². The fraction of sp³-hybridized carbons (Fsp3) is 0.400. The van der Waals surface area contributed by atoms with Crippen molar-refractivity contribution in [1.82, 2.24) is 19.9 Å². The SMILES string of the molecule is CCNc1nc(NCc2cncs2)nc(OC)n1. The summed E-state index contributed by atoms with van der Waals surface area (Å²) in [6.07, 6.45) is 1.81. The van der Waals surface area contributed by atoms with Crippen molar-refractivity contribution in [3.63, 3.8) is 0 Å². The average molecular weight is 266 g/mol. The average Bonchev–Trinajstić information content (AvgIpc) is 2.89. The van der Waals surface area contributed by atoms with Crippen LogP contribution >= 0.6 is 11.3 Å². The van der Waals surface area contributed by atoms with Crippen molar-refractivity contribution in [2.24, 2.45) is 0 Å². The number of nitrogens with one attached hydrogen (secondary N) is 2. The molecule has 0 aliphatic heterocycles. The minimum atomic E-state index is 0.285. The Morgan fingerprint density at radius 3 is 2.61 bits per heavy atom. The molecule has 0 amide bonds. The monoisotopic (exact) mass is 266 g/mol. The van der Waals surface area contributed by atoms with Crippen LogP contribution in [0.2, 0.25) is 0 Å². The third-order valence-corrected chi connectivity index (χ3v) is 2.82. The molecule has 0 atom stereocenters. The van der Waals surface area contributed by atoms with Crippen LogP contribution in [0.5, 0.6) is 6.01 Å². The molecule has 0 saturated carbocycles. The fourth-order valence-electron chi connectivity index (χ4n) is 1.26. The Bertz CT molecular complexity index is 489. The molecule has 0 aromatic carbocycles. The molecule has 2 aromatic rings. The summed E-state index contributed by atoms with van der Waals surface area (Å²) >= 11 is 1.57. The molecule has 0 saturated heterocycles. The summed E-state index contributed by atoms with van der Waals surface area (Å²) in [5, 5.41) is 6.13. The van der Waals surface area contributed by atoms with Crippen molar-refractivity contribution >= 4 is 23.2 Å². The Labute approximate surface area is 109 Å². The number of aromatic nitrogens is 4. The highest BCUT2D eigenvalue weighted by Crippen LogP contribution is 2.12. The first-order valence-corrected chi connectivity index (χ1v) is 6.35. The Hall–Kier alpha value is -1.96. The lowest BCUT2D eigenvalue weighted by atomic mass is 10.5. The molecule has 2 N–H and O–H groups in total. The molecule has 0 aliphatic rings. The van der Waals surface area contributed by atoms with Crippen LogP contribution < -0.4 is 15.4 Å². The smallest absolute Gasteiger partial charge is 0.322 e. The molecule has 0 radical (unpaired) electrons. The van der Waals surface area contributed by atoms with E-state index in [0.29, 0.717) is 18.4 Å². The number of ether oxygens (including phenoxy) is 1. The summed E-state index contributed by atoms with van der Waals surface area (Å²) in [6, 6.07) is 0.285. The van der Waals surface area contributed by atoms with E-state index in [1.54, 1.807) is 23.0 Å². The van der Waals surface area contributed by atoms with Gasteiger partial charge >= 0.3 is 6.01 Å². The molecule has 8 heteroatoms. The molecule has 0 fully saturated rings. The zero-order valence-corrected chi connectivity index (χ0v) is 11.0. The van der Waals surface area contributed by atoms with Gasteiger partial charge in [-0.3, -0.25) is 4.98 Å². The summed E-state index contributed by atoms with van der Waals surface area (Å²) in [7, 11) is 1.53. The second-order valence-corrected chi connectivity index (χ2v) is 4.29. The molecular weight excluding hydrogens is 252 g/mol. The maximum Gasteiger partial charge on any atom is 0.322 e. The minimum absolute atomic E-state index is 0.285. The molecule has 7 nitrogen and oxygen atoms in total. The van der Waals surface area contributed by atoms with Crippen molar-refractivity contribution in [3.8, 4) is 6.01 Å². The number of methoxy groups -OCH3 is 1. The van der Waals surface area contributed by atoms with Crippen LogP contribution in [0.15, 0.2) is 11.7 Å². The Morgan fingerprint density at radius 1 is 1.22 bits per heavy atom. The number of nitrogens with zero attached hydrogens (tertiary/aromatic N) is 4. The van der Waals surface area contributed by atoms with Gasteiger partial charge in [-0.1, -0.05) is 0 Å². The first kappa shape index (κ1) is 12.5. The lowest BCUT2D eigenvalue weighted by Crippen LogP contribution is -2.09. The van der Waals surface area contributed by atoms with Crippen LogP contribution in [0.3, 0.4) is 0 Å². The highest BCUT2D eigenvalue weighted by atomic mass is 32.1. The van der Waals surface area contributed by atoms with E-state index >= 15 is 0 Å². The zero-order chi connectivity index (χ0) is 12.8. The van der Waals surface area contributed by atoms with Gasteiger partial charge in [-0.2, -0.15) is 15.0 Å². The van der Waals surface area contributed by atoms with Crippen LogP contribution in [-0.4, -0.2) is 33.6 Å². The van der Waals surface area contributed by atoms with E-state index in [1.165, 1.54) is 7.11 Å². The molecule has 2 rings (SSSR count). The van der Waals surface area contributed by atoms with Gasteiger partial charge in [-0.25, -0.2) is 0 Å². The maximum absolute atomic E-state index is 5.03. The van der Waals surface area contributed by atoms with E-state index < -0.39 is 0 Å². The van der Waals surface area contributed by atoms with Gasteiger partial charge in [0.15, 0.2) is 0 Å². The number of rotatable bonds is 6. The Balaban J connectivity index is 2.08. The number of thiazole rings is 1. The Morgan fingerprint density at radius 2 is 2.00 bits per heavy atom. The van der Waals surface area contributed by atoms with E-state index in [2.05, 4.69) is 30.6 Å². The summed E-state index contributed by atoms with van der Waals surface area (Å²) < 4.78 is 5.03. The van der Waals surface area contributed by atoms with Gasteiger partial charge in [0.1, 0.15) is 0 Å². The van der Waals surface area contributed by atoms with Gasteiger partial charge in [0, 0.05) is 17.6 Å². The summed E-state index contributed by atoms with van der Waals surface area (Å²) in [5.74, 6) is 0.974. The molecular formula is C10H14N6OS. The van der Waals surface area contributed by atoms with Crippen LogP contribution in [0.4, 0.5) is 11.9 Å². The molecule has 0 aliphatic carbocycles. The highest BCUT2D eigenvalue weighted by Gasteiger charge is 2.06. The molecule has 0 bridgehead atoms. The molecule has 2 heterocycles. The Kier molecular flexibility index (Phi) is 4.24. The zero-order valence-electron chi connectivity index (χ0n) is 10.2. The molecule has 2 aromatic heterocycles. The van der Waals surface area contributed by atoms with Crippen LogP contribution in [0, 0.1) is 0 Å². The van der Waals surface area contributed by atoms with Crippen molar-refractivity contribution in [2.45, 2.75) is 13.5 Å². The normalized spacial score (nSPS) is 10.1. The second-order valence-electron chi connectivity index (χ2n) is 3.32. The predicted octanol–water partition coefficient (Wildman–Crippen LogP) is 1.38. The number of anilines is 2. The predicted molar refractivity (Wildman–Crippen MR) is 70.0 cm³/mol. The van der Waals surface area contributed by atoms with Gasteiger partial charge in [-0.15, -0.1) is 11.3 Å². The summed E-state index contributed by atoms with van der Waals surface area (Å²) in [6.45, 7) is 3.34. The third kappa shape index (κ3) is 3.27. The lowest BCUT2D eigenvalue weighted by molar-refractivity contribution is 0.379. The van der Waals surface area contributed by atoms with Gasteiger partial charge in [0.2, 0.25) is 11.9 Å².